The summed E-state index contributed by atoms with van der Waals surface area (Å²) in [4.78, 5) is 27.2. The number of carbonyl (C=O) groups excluding carboxylic acids is 1. The summed E-state index contributed by atoms with van der Waals surface area (Å²) in [5, 5.41) is 9.94. The van der Waals surface area contributed by atoms with Crippen molar-refractivity contribution in [3.05, 3.63) is 75.4 Å². The average Bonchev–Trinajstić information content (AvgIpc) is 3.38. The fraction of sp³-hybridized carbons (Fsp3) is 0.346. The number of likely N-dealkylation sites (N-methyl/N-ethyl adjacent to an activating group) is 2. The maximum absolute atomic E-state index is 14.3. The first-order chi connectivity index (χ1) is 17.3. The zero-order valence-corrected chi connectivity index (χ0v) is 22.0. The largest absolute Gasteiger partial charge is 0.507 e. The number of quaternary nitrogens is 1. The molecule has 1 N–H and O–H groups in total. The van der Waals surface area contributed by atoms with E-state index in [1.54, 1.807) is 23.1 Å². The third-order valence-corrected chi connectivity index (χ3v) is 7.36. The molecule has 0 fully saturated rings. The lowest BCUT2D eigenvalue weighted by Crippen LogP contribution is -2.57. The maximum Gasteiger partial charge on any atom is 0.406 e. The molecular formula is C26H28BrFN5O3+. The van der Waals surface area contributed by atoms with Crippen LogP contribution in [0.2, 0.25) is 0 Å². The summed E-state index contributed by atoms with van der Waals surface area (Å²) in [6.45, 7) is 5.52. The molecule has 0 aromatic heterocycles. The van der Waals surface area contributed by atoms with Crippen molar-refractivity contribution < 1.29 is 23.5 Å². The number of amidine groups is 1. The Morgan fingerprint density at radius 3 is 2.72 bits per heavy atom. The highest BCUT2D eigenvalue weighted by atomic mass is 79.9. The molecule has 2 aromatic carbocycles. The second-order valence-electron chi connectivity index (χ2n) is 9.17. The van der Waals surface area contributed by atoms with Gasteiger partial charge in [0.25, 0.3) is 5.70 Å². The third kappa shape index (κ3) is 3.98. The Kier molecular flexibility index (Phi) is 6.34. The van der Waals surface area contributed by atoms with E-state index in [4.69, 9.17) is 14.7 Å². The summed E-state index contributed by atoms with van der Waals surface area (Å²) >= 11 is 3.38. The van der Waals surface area contributed by atoms with E-state index in [-0.39, 0.29) is 28.0 Å². The molecule has 0 bridgehead atoms. The van der Waals surface area contributed by atoms with Crippen molar-refractivity contribution in [3.63, 3.8) is 0 Å². The highest BCUT2D eigenvalue weighted by Gasteiger charge is 2.56. The molecule has 0 radical (unpaired) electrons. The number of carbonyl (C=O) groups is 1. The van der Waals surface area contributed by atoms with Gasteiger partial charge in [0.15, 0.2) is 0 Å². The van der Waals surface area contributed by atoms with Gasteiger partial charge in [-0.15, -0.1) is 4.99 Å². The summed E-state index contributed by atoms with van der Waals surface area (Å²) in [5.74, 6) is 0.790. The van der Waals surface area contributed by atoms with Crippen molar-refractivity contribution in [2.75, 3.05) is 26.7 Å². The van der Waals surface area contributed by atoms with Crippen LogP contribution < -0.4 is 0 Å². The highest BCUT2D eigenvalue weighted by molar-refractivity contribution is 9.10. The summed E-state index contributed by atoms with van der Waals surface area (Å²) in [7, 11) is 1.92. The van der Waals surface area contributed by atoms with E-state index in [9.17, 15) is 14.3 Å². The third-order valence-electron chi connectivity index (χ3n) is 6.72. The van der Waals surface area contributed by atoms with E-state index in [2.05, 4.69) is 15.9 Å². The van der Waals surface area contributed by atoms with Gasteiger partial charge < -0.3 is 9.84 Å². The number of aromatic hydroxyl groups is 1. The minimum Gasteiger partial charge on any atom is -0.507 e. The average molecular weight is 557 g/mol. The molecular weight excluding hydrogens is 529 g/mol. The van der Waals surface area contributed by atoms with Gasteiger partial charge in [0.1, 0.15) is 18.1 Å². The number of hydrogen-bond donors (Lipinski definition) is 1. The Hall–Kier alpha value is -3.24. The summed E-state index contributed by atoms with van der Waals surface area (Å²) < 4.78 is 20.9. The van der Waals surface area contributed by atoms with E-state index < -0.39 is 0 Å². The number of benzene rings is 2. The predicted octanol–water partition coefficient (Wildman–Crippen LogP) is 3.96. The fourth-order valence-corrected chi connectivity index (χ4v) is 5.45. The summed E-state index contributed by atoms with van der Waals surface area (Å²) in [5.41, 5.74) is 2.01. The molecule has 3 heterocycles. The SMILES string of the molecule is CCOC1=NC2=C(C(=O)N(CC)C3=NC(Cc4ccccc4F)CN32)[N@+]1(C)Cc1ccc(O)c(Br)c1. The van der Waals surface area contributed by atoms with Crippen molar-refractivity contribution >= 4 is 33.8 Å². The number of ether oxygens (including phenoxy) is 1. The second-order valence-corrected chi connectivity index (χ2v) is 10.0. The van der Waals surface area contributed by atoms with Crippen LogP contribution in [0.1, 0.15) is 25.0 Å². The van der Waals surface area contributed by atoms with Gasteiger partial charge in [0, 0.05) is 12.1 Å². The number of phenols is 1. The topological polar surface area (TPSA) is 77.7 Å². The van der Waals surface area contributed by atoms with Gasteiger partial charge in [-0.3, -0.25) is 14.6 Å². The first-order valence-electron chi connectivity index (χ1n) is 12.0. The van der Waals surface area contributed by atoms with Gasteiger partial charge in [-0.05, 0) is 66.0 Å². The van der Waals surface area contributed by atoms with Gasteiger partial charge in [-0.2, -0.15) is 0 Å². The first-order valence-corrected chi connectivity index (χ1v) is 12.8. The molecule has 2 aromatic rings. The van der Waals surface area contributed by atoms with Gasteiger partial charge in [-0.1, -0.05) is 18.2 Å². The number of amides is 1. The highest BCUT2D eigenvalue weighted by Crippen LogP contribution is 2.40. The Balaban J connectivity index is 1.54. The Bertz CT molecular complexity index is 1330. The van der Waals surface area contributed by atoms with Crippen LogP contribution in [0, 0.1) is 5.82 Å². The molecule has 8 nitrogen and oxygen atoms in total. The van der Waals surface area contributed by atoms with Crippen LogP contribution in [-0.2, 0) is 22.5 Å². The number of aliphatic imine (C=N–C) groups is 2. The van der Waals surface area contributed by atoms with Crippen LogP contribution in [0.25, 0.3) is 0 Å². The maximum atomic E-state index is 14.3. The normalized spacial score (nSPS) is 23.0. The van der Waals surface area contributed by atoms with Gasteiger partial charge in [0.05, 0.1) is 30.7 Å². The van der Waals surface area contributed by atoms with Crippen LogP contribution in [0.3, 0.4) is 0 Å². The first kappa shape index (κ1) is 24.5. The molecule has 0 saturated carbocycles. The monoisotopic (exact) mass is 556 g/mol. The fourth-order valence-electron chi connectivity index (χ4n) is 5.02. The molecule has 0 saturated heterocycles. The van der Waals surface area contributed by atoms with Gasteiger partial charge in [-0.25, -0.2) is 13.9 Å². The molecule has 0 aliphatic carbocycles. The molecule has 0 spiro atoms. The van der Waals surface area contributed by atoms with E-state index in [1.807, 2.05) is 44.0 Å². The molecule has 1 amide bonds. The molecule has 3 aliphatic heterocycles. The van der Waals surface area contributed by atoms with E-state index >= 15 is 0 Å². The molecule has 10 heteroatoms. The van der Waals surface area contributed by atoms with Crippen molar-refractivity contribution in [1.29, 1.82) is 0 Å². The lowest BCUT2D eigenvalue weighted by molar-refractivity contribution is -0.798. The van der Waals surface area contributed by atoms with Crippen molar-refractivity contribution in [2.45, 2.75) is 32.9 Å². The van der Waals surface area contributed by atoms with Crippen molar-refractivity contribution in [3.8, 4) is 5.75 Å². The van der Waals surface area contributed by atoms with E-state index in [0.29, 0.717) is 66.2 Å². The van der Waals surface area contributed by atoms with Crippen LogP contribution in [0.15, 0.2) is 68.4 Å². The number of halogens is 2. The van der Waals surface area contributed by atoms with Crippen molar-refractivity contribution in [2.24, 2.45) is 9.98 Å². The molecule has 1 unspecified atom stereocenters. The van der Waals surface area contributed by atoms with Crippen LogP contribution in [0.5, 0.6) is 5.75 Å². The quantitative estimate of drug-likeness (QED) is 0.546. The summed E-state index contributed by atoms with van der Waals surface area (Å²) in [6, 6.07) is 12.2. The number of rotatable bonds is 6. The standard InChI is InChI=1S/C26H27BrFN5O3/c1-4-31-24(35)22-23(32-14-18(29-25(31)32)13-17-8-6-7-9-20(17)28)30-26(36-5-2)33(22,3)15-16-10-11-21(34)19(27)12-16/h6-12,18H,4-5,13-15H2,1-3H3/p+1/t18?,33-/m0/s1. The Morgan fingerprint density at radius 1 is 1.25 bits per heavy atom. The number of hydrogen-bond acceptors (Lipinski definition) is 6. The number of fused-ring (bicyclic) bond motifs is 2. The molecule has 36 heavy (non-hydrogen) atoms. The van der Waals surface area contributed by atoms with E-state index in [0.717, 1.165) is 5.56 Å². The molecule has 3 aliphatic rings. The predicted molar refractivity (Wildman–Crippen MR) is 137 cm³/mol. The molecule has 2 atom stereocenters. The summed E-state index contributed by atoms with van der Waals surface area (Å²) in [6.07, 6.45) is 0.427. The smallest absolute Gasteiger partial charge is 0.406 e. The van der Waals surface area contributed by atoms with E-state index in [1.165, 1.54) is 6.07 Å². The Labute approximate surface area is 217 Å². The van der Waals surface area contributed by atoms with Crippen LogP contribution >= 0.6 is 15.9 Å². The van der Waals surface area contributed by atoms with Crippen LogP contribution in [0.4, 0.5) is 4.39 Å². The lowest BCUT2D eigenvalue weighted by atomic mass is 10.1. The zero-order chi connectivity index (χ0) is 25.6. The number of phenolic OH excluding ortho intramolecular Hbond substituents is 1. The minimum absolute atomic E-state index is 0.0531. The van der Waals surface area contributed by atoms with Crippen LogP contribution in [-0.4, -0.2) is 70.1 Å². The van der Waals surface area contributed by atoms with Gasteiger partial charge >= 0.3 is 11.9 Å². The zero-order valence-electron chi connectivity index (χ0n) is 20.4. The molecule has 5 rings (SSSR count). The van der Waals surface area contributed by atoms with Gasteiger partial charge in [0.2, 0.25) is 11.8 Å². The number of guanidine groups is 1. The molecule has 188 valence electrons. The minimum atomic E-state index is -0.257. The van der Waals surface area contributed by atoms with Crippen molar-refractivity contribution in [1.82, 2.24) is 9.80 Å². The lowest BCUT2D eigenvalue weighted by Gasteiger charge is -2.37. The Morgan fingerprint density at radius 2 is 2.03 bits per heavy atom. The second kappa shape index (κ2) is 9.33. The number of nitrogens with zero attached hydrogens (tertiary/aromatic N) is 5.